The predicted octanol–water partition coefficient (Wildman–Crippen LogP) is 1.46. The van der Waals surface area contributed by atoms with E-state index in [1.807, 2.05) is 4.90 Å². The minimum absolute atomic E-state index is 0.123. The Hall–Kier alpha value is -0.810. The van der Waals surface area contributed by atoms with Crippen LogP contribution in [-0.2, 0) is 0 Å². The zero-order valence-corrected chi connectivity index (χ0v) is 13.8. The van der Waals surface area contributed by atoms with Crippen LogP contribution in [0.5, 0.6) is 0 Å². The molecular weight excluding hydrogens is 264 g/mol. The molecule has 0 saturated carbocycles. The summed E-state index contributed by atoms with van der Waals surface area (Å²) >= 11 is 0. The predicted molar refractivity (Wildman–Crippen MR) is 86.5 cm³/mol. The first-order chi connectivity index (χ1) is 10.2. The maximum Gasteiger partial charge on any atom is 0.317 e. The fraction of sp³-hybridized carbons (Fsp3) is 0.938. The summed E-state index contributed by atoms with van der Waals surface area (Å²) < 4.78 is 0. The van der Waals surface area contributed by atoms with Gasteiger partial charge in [-0.3, -0.25) is 0 Å². The molecule has 21 heavy (non-hydrogen) atoms. The molecule has 2 heterocycles. The number of nitrogens with one attached hydrogen (secondary N) is 1. The fourth-order valence-electron chi connectivity index (χ4n) is 3.16. The van der Waals surface area contributed by atoms with Crippen molar-refractivity contribution in [3.63, 3.8) is 0 Å². The molecule has 1 N–H and O–H groups in total. The molecule has 0 radical (unpaired) electrons. The number of hydrogen-bond acceptors (Lipinski definition) is 3. The molecule has 2 rings (SSSR count). The zero-order valence-electron chi connectivity index (χ0n) is 13.8. The van der Waals surface area contributed by atoms with Gasteiger partial charge in [0.2, 0.25) is 0 Å². The van der Waals surface area contributed by atoms with Crippen molar-refractivity contribution in [3.05, 3.63) is 0 Å². The van der Waals surface area contributed by atoms with Crippen molar-refractivity contribution in [1.29, 1.82) is 0 Å². The van der Waals surface area contributed by atoms with Gasteiger partial charge in [-0.2, -0.15) is 0 Å². The van der Waals surface area contributed by atoms with Gasteiger partial charge < -0.3 is 20.0 Å². The van der Waals surface area contributed by atoms with E-state index in [1.165, 1.54) is 25.9 Å². The molecule has 0 unspecified atom stereocenters. The van der Waals surface area contributed by atoms with Gasteiger partial charge in [-0.05, 0) is 51.4 Å². The maximum atomic E-state index is 12.1. The Kier molecular flexibility index (Phi) is 6.77. The van der Waals surface area contributed by atoms with Crippen molar-refractivity contribution in [1.82, 2.24) is 20.0 Å². The SMILES string of the molecule is CCN1CCN(C(=O)NCCCN2CCC(C)CC2)CC1. The summed E-state index contributed by atoms with van der Waals surface area (Å²) in [6.45, 7) is 13.7. The van der Waals surface area contributed by atoms with Crippen molar-refractivity contribution >= 4 is 6.03 Å². The summed E-state index contributed by atoms with van der Waals surface area (Å²) in [5.41, 5.74) is 0. The van der Waals surface area contributed by atoms with Crippen LogP contribution in [0.3, 0.4) is 0 Å². The van der Waals surface area contributed by atoms with E-state index in [4.69, 9.17) is 0 Å². The van der Waals surface area contributed by atoms with Crippen molar-refractivity contribution in [2.24, 2.45) is 5.92 Å². The van der Waals surface area contributed by atoms with Gasteiger partial charge in [-0.15, -0.1) is 0 Å². The van der Waals surface area contributed by atoms with Crippen LogP contribution in [0, 0.1) is 5.92 Å². The van der Waals surface area contributed by atoms with Gasteiger partial charge in [-0.25, -0.2) is 4.79 Å². The van der Waals surface area contributed by atoms with E-state index >= 15 is 0 Å². The smallest absolute Gasteiger partial charge is 0.317 e. The summed E-state index contributed by atoms with van der Waals surface area (Å²) in [6, 6.07) is 0.123. The first kappa shape index (κ1) is 16.6. The molecule has 2 aliphatic heterocycles. The first-order valence-corrected chi connectivity index (χ1v) is 8.66. The number of hydrogen-bond donors (Lipinski definition) is 1. The molecule has 2 aliphatic rings. The third kappa shape index (κ3) is 5.47. The Balaban J connectivity index is 1.53. The average Bonchev–Trinajstić information content (AvgIpc) is 2.53. The van der Waals surface area contributed by atoms with E-state index in [0.717, 1.165) is 58.2 Å². The van der Waals surface area contributed by atoms with Gasteiger partial charge in [-0.1, -0.05) is 13.8 Å². The molecule has 0 aliphatic carbocycles. The van der Waals surface area contributed by atoms with Crippen LogP contribution >= 0.6 is 0 Å². The molecule has 0 bridgehead atoms. The molecule has 0 atom stereocenters. The van der Waals surface area contributed by atoms with Crippen molar-refractivity contribution in [3.8, 4) is 0 Å². The molecule has 122 valence electrons. The second kappa shape index (κ2) is 8.59. The summed E-state index contributed by atoms with van der Waals surface area (Å²) in [4.78, 5) is 18.9. The lowest BCUT2D eigenvalue weighted by Gasteiger charge is -2.34. The molecular formula is C16H32N4O. The van der Waals surface area contributed by atoms with Gasteiger partial charge >= 0.3 is 6.03 Å². The Morgan fingerprint density at radius 3 is 2.33 bits per heavy atom. The Labute approximate surface area is 129 Å². The van der Waals surface area contributed by atoms with E-state index in [9.17, 15) is 4.79 Å². The lowest BCUT2D eigenvalue weighted by Crippen LogP contribution is -2.51. The number of nitrogens with zero attached hydrogens (tertiary/aromatic N) is 3. The third-order valence-corrected chi connectivity index (χ3v) is 4.91. The number of likely N-dealkylation sites (tertiary alicyclic amines) is 1. The van der Waals surface area contributed by atoms with Crippen LogP contribution in [0.15, 0.2) is 0 Å². The number of piperazine rings is 1. The standard InChI is InChI=1S/C16H32N4O/c1-3-18-11-13-20(14-12-18)16(21)17-7-4-8-19-9-5-15(2)6-10-19/h15H,3-14H2,1-2H3,(H,17,21). The molecule has 5 heteroatoms. The number of piperidine rings is 1. The molecule has 2 amide bonds. The number of carbonyl (C=O) groups excluding carboxylic acids is 1. The quantitative estimate of drug-likeness (QED) is 0.781. The summed E-state index contributed by atoms with van der Waals surface area (Å²) in [5, 5.41) is 3.08. The van der Waals surface area contributed by atoms with Crippen molar-refractivity contribution in [2.75, 3.05) is 58.9 Å². The number of carbonyl (C=O) groups is 1. The minimum atomic E-state index is 0.123. The number of urea groups is 1. The van der Waals surface area contributed by atoms with Crippen LogP contribution in [0.4, 0.5) is 4.79 Å². The summed E-state index contributed by atoms with van der Waals surface area (Å²) in [7, 11) is 0. The van der Waals surface area contributed by atoms with E-state index in [0.29, 0.717) is 0 Å². The van der Waals surface area contributed by atoms with E-state index < -0.39 is 0 Å². The van der Waals surface area contributed by atoms with E-state index in [-0.39, 0.29) is 6.03 Å². The zero-order chi connectivity index (χ0) is 15.1. The first-order valence-electron chi connectivity index (χ1n) is 8.66. The Morgan fingerprint density at radius 1 is 1.05 bits per heavy atom. The number of rotatable bonds is 5. The Bertz CT molecular complexity index is 307. The summed E-state index contributed by atoms with van der Waals surface area (Å²) in [5.74, 6) is 0.891. The van der Waals surface area contributed by atoms with Gasteiger partial charge in [0.25, 0.3) is 0 Å². The van der Waals surface area contributed by atoms with E-state index in [2.05, 4.69) is 29.0 Å². The second-order valence-corrected chi connectivity index (χ2v) is 6.53. The van der Waals surface area contributed by atoms with Crippen LogP contribution < -0.4 is 5.32 Å². The van der Waals surface area contributed by atoms with Crippen LogP contribution in [0.1, 0.15) is 33.1 Å². The minimum Gasteiger partial charge on any atom is -0.338 e. The van der Waals surface area contributed by atoms with Crippen molar-refractivity contribution in [2.45, 2.75) is 33.1 Å². The van der Waals surface area contributed by atoms with E-state index in [1.54, 1.807) is 0 Å². The Morgan fingerprint density at radius 2 is 1.71 bits per heavy atom. The average molecular weight is 296 g/mol. The largest absolute Gasteiger partial charge is 0.338 e. The molecule has 2 fully saturated rings. The third-order valence-electron chi connectivity index (χ3n) is 4.91. The van der Waals surface area contributed by atoms with Crippen LogP contribution in [-0.4, -0.2) is 79.6 Å². The monoisotopic (exact) mass is 296 g/mol. The normalized spacial score (nSPS) is 22.5. The maximum absolute atomic E-state index is 12.1. The van der Waals surface area contributed by atoms with Crippen LogP contribution in [0.25, 0.3) is 0 Å². The molecule has 5 nitrogen and oxygen atoms in total. The molecule has 0 spiro atoms. The molecule has 0 aromatic rings. The topological polar surface area (TPSA) is 38.8 Å². The van der Waals surface area contributed by atoms with Crippen molar-refractivity contribution < 1.29 is 4.79 Å². The lowest BCUT2D eigenvalue weighted by molar-refractivity contribution is 0.142. The molecule has 0 aromatic carbocycles. The highest BCUT2D eigenvalue weighted by Crippen LogP contribution is 2.15. The highest BCUT2D eigenvalue weighted by molar-refractivity contribution is 5.74. The van der Waals surface area contributed by atoms with Gasteiger partial charge in [0.05, 0.1) is 0 Å². The highest BCUT2D eigenvalue weighted by atomic mass is 16.2. The summed E-state index contributed by atoms with van der Waals surface area (Å²) in [6.07, 6.45) is 3.72. The second-order valence-electron chi connectivity index (χ2n) is 6.53. The van der Waals surface area contributed by atoms with Gasteiger partial charge in [0.1, 0.15) is 0 Å². The van der Waals surface area contributed by atoms with Gasteiger partial charge in [0, 0.05) is 32.7 Å². The fourth-order valence-corrected chi connectivity index (χ4v) is 3.16. The highest BCUT2D eigenvalue weighted by Gasteiger charge is 2.20. The number of likely N-dealkylation sites (N-methyl/N-ethyl adjacent to an activating group) is 1. The van der Waals surface area contributed by atoms with Crippen LogP contribution in [0.2, 0.25) is 0 Å². The van der Waals surface area contributed by atoms with Gasteiger partial charge in [0.15, 0.2) is 0 Å². The molecule has 0 aromatic heterocycles. The lowest BCUT2D eigenvalue weighted by atomic mass is 9.99. The molecule has 2 saturated heterocycles. The number of amides is 2.